The van der Waals surface area contributed by atoms with Crippen LogP contribution < -0.4 is 0 Å². The quantitative estimate of drug-likeness (QED) is 0.862. The molecule has 2 aromatic rings. The molecule has 5 heteroatoms. The summed E-state index contributed by atoms with van der Waals surface area (Å²) < 4.78 is 1.88. The predicted molar refractivity (Wildman–Crippen MR) is 74.8 cm³/mol. The van der Waals surface area contributed by atoms with Crippen LogP contribution in [0.3, 0.4) is 0 Å². The fourth-order valence-electron chi connectivity index (χ4n) is 1.77. The summed E-state index contributed by atoms with van der Waals surface area (Å²) in [6.07, 6.45) is 4.51. The van der Waals surface area contributed by atoms with Crippen LogP contribution in [0.15, 0.2) is 24.7 Å². The molecular weight excluding hydrogens is 244 g/mol. The molecule has 96 valence electrons. The minimum atomic E-state index is 0.224. The van der Waals surface area contributed by atoms with Crippen LogP contribution in [0.5, 0.6) is 0 Å². The SMILES string of the molecule is Cc1ncn([C@@H](C)Cc2ccc(C(C)S)cn2)n1. The Hall–Kier alpha value is -1.36. The highest BCUT2D eigenvalue weighted by molar-refractivity contribution is 7.80. The molecule has 0 bridgehead atoms. The Morgan fingerprint density at radius 2 is 2.06 bits per heavy atom. The predicted octanol–water partition coefficient (Wildman–Crippen LogP) is 2.78. The van der Waals surface area contributed by atoms with E-state index in [1.807, 2.05) is 24.7 Å². The van der Waals surface area contributed by atoms with Gasteiger partial charge in [0.05, 0.1) is 6.04 Å². The van der Waals surface area contributed by atoms with Crippen molar-refractivity contribution in [2.75, 3.05) is 0 Å². The third kappa shape index (κ3) is 3.10. The number of hydrogen-bond acceptors (Lipinski definition) is 4. The van der Waals surface area contributed by atoms with Crippen molar-refractivity contribution in [1.82, 2.24) is 19.7 Å². The third-order valence-electron chi connectivity index (χ3n) is 2.91. The normalized spacial score (nSPS) is 14.4. The minimum absolute atomic E-state index is 0.224. The van der Waals surface area contributed by atoms with E-state index in [1.54, 1.807) is 6.33 Å². The van der Waals surface area contributed by atoms with Crippen molar-refractivity contribution < 1.29 is 0 Å². The van der Waals surface area contributed by atoms with Gasteiger partial charge in [0.2, 0.25) is 0 Å². The van der Waals surface area contributed by atoms with Gasteiger partial charge in [-0.2, -0.15) is 17.7 Å². The number of pyridine rings is 1. The highest BCUT2D eigenvalue weighted by Gasteiger charge is 2.09. The Labute approximate surface area is 113 Å². The molecule has 0 aliphatic heterocycles. The first-order valence-electron chi connectivity index (χ1n) is 6.07. The average Bonchev–Trinajstić information content (AvgIpc) is 2.76. The molecular formula is C13H18N4S. The standard InChI is InChI=1S/C13H18N4S/c1-9(17-8-15-11(3)16-17)6-13-5-4-12(7-14-13)10(2)18/h4-5,7-10,18H,6H2,1-3H3/t9-,10?/m0/s1. The van der Waals surface area contributed by atoms with Crippen molar-refractivity contribution >= 4 is 12.6 Å². The molecule has 1 unspecified atom stereocenters. The summed E-state index contributed by atoms with van der Waals surface area (Å²) in [5.41, 5.74) is 2.21. The summed E-state index contributed by atoms with van der Waals surface area (Å²) in [5.74, 6) is 0.800. The third-order valence-corrected chi connectivity index (χ3v) is 3.21. The van der Waals surface area contributed by atoms with E-state index in [9.17, 15) is 0 Å². The van der Waals surface area contributed by atoms with Crippen molar-refractivity contribution in [1.29, 1.82) is 0 Å². The molecule has 4 nitrogen and oxygen atoms in total. The van der Waals surface area contributed by atoms with Crippen LogP contribution in [-0.2, 0) is 6.42 Å². The van der Waals surface area contributed by atoms with Crippen molar-refractivity contribution in [3.8, 4) is 0 Å². The van der Waals surface area contributed by atoms with Gasteiger partial charge in [0, 0.05) is 23.6 Å². The molecule has 0 N–H and O–H groups in total. The molecule has 0 fully saturated rings. The smallest absolute Gasteiger partial charge is 0.147 e. The Morgan fingerprint density at radius 3 is 2.56 bits per heavy atom. The first-order valence-corrected chi connectivity index (χ1v) is 6.58. The zero-order chi connectivity index (χ0) is 13.1. The Kier molecular flexibility index (Phi) is 4.01. The van der Waals surface area contributed by atoms with Gasteiger partial charge in [-0.3, -0.25) is 4.98 Å². The van der Waals surface area contributed by atoms with Gasteiger partial charge in [0.15, 0.2) is 0 Å². The summed E-state index contributed by atoms with van der Waals surface area (Å²) in [7, 11) is 0. The lowest BCUT2D eigenvalue weighted by Gasteiger charge is -2.11. The number of rotatable bonds is 4. The van der Waals surface area contributed by atoms with Crippen molar-refractivity contribution in [3.63, 3.8) is 0 Å². The Balaban J connectivity index is 2.05. The Morgan fingerprint density at radius 1 is 1.28 bits per heavy atom. The van der Waals surface area contributed by atoms with Crippen LogP contribution in [0.4, 0.5) is 0 Å². The van der Waals surface area contributed by atoms with Crippen LogP contribution in [0.1, 0.15) is 42.2 Å². The topological polar surface area (TPSA) is 43.6 Å². The first kappa shape index (κ1) is 13.1. The van der Waals surface area contributed by atoms with E-state index in [2.05, 4.69) is 46.8 Å². The van der Waals surface area contributed by atoms with Gasteiger partial charge in [0.1, 0.15) is 12.2 Å². The maximum atomic E-state index is 4.46. The zero-order valence-corrected chi connectivity index (χ0v) is 11.8. The molecule has 2 rings (SSSR count). The summed E-state index contributed by atoms with van der Waals surface area (Å²) >= 11 is 4.39. The molecule has 0 saturated heterocycles. The minimum Gasteiger partial charge on any atom is -0.261 e. The van der Waals surface area contributed by atoms with Crippen molar-refractivity contribution in [3.05, 3.63) is 41.7 Å². The van der Waals surface area contributed by atoms with E-state index in [4.69, 9.17) is 0 Å². The molecule has 2 heterocycles. The van der Waals surface area contributed by atoms with E-state index >= 15 is 0 Å². The first-order chi connectivity index (χ1) is 8.56. The molecule has 2 aromatic heterocycles. The van der Waals surface area contributed by atoms with Crippen LogP contribution in [0.25, 0.3) is 0 Å². The van der Waals surface area contributed by atoms with Crippen LogP contribution in [0.2, 0.25) is 0 Å². The number of aryl methyl sites for hydroxylation is 1. The lowest BCUT2D eigenvalue weighted by molar-refractivity contribution is 0.481. The van der Waals surface area contributed by atoms with E-state index in [-0.39, 0.29) is 11.3 Å². The van der Waals surface area contributed by atoms with E-state index < -0.39 is 0 Å². The monoisotopic (exact) mass is 262 g/mol. The summed E-state index contributed by atoms with van der Waals surface area (Å²) in [6.45, 7) is 6.05. The van der Waals surface area contributed by atoms with E-state index in [1.165, 1.54) is 0 Å². The van der Waals surface area contributed by atoms with Crippen molar-refractivity contribution in [2.45, 2.75) is 38.5 Å². The Bertz CT molecular complexity index is 504. The fraction of sp³-hybridized carbons (Fsp3) is 0.462. The van der Waals surface area contributed by atoms with E-state index in [0.29, 0.717) is 0 Å². The van der Waals surface area contributed by atoms with Gasteiger partial charge < -0.3 is 0 Å². The van der Waals surface area contributed by atoms with Gasteiger partial charge in [-0.15, -0.1) is 0 Å². The van der Waals surface area contributed by atoms with Crippen LogP contribution in [-0.4, -0.2) is 19.7 Å². The van der Waals surface area contributed by atoms with Gasteiger partial charge >= 0.3 is 0 Å². The lowest BCUT2D eigenvalue weighted by atomic mass is 10.1. The summed E-state index contributed by atoms with van der Waals surface area (Å²) in [5, 5.41) is 4.54. The molecule has 0 aromatic carbocycles. The molecule has 0 saturated carbocycles. The number of hydrogen-bond donors (Lipinski definition) is 1. The second-order valence-corrected chi connectivity index (χ2v) is 5.36. The zero-order valence-electron chi connectivity index (χ0n) is 10.9. The van der Waals surface area contributed by atoms with Gasteiger partial charge in [-0.05, 0) is 32.4 Å². The maximum Gasteiger partial charge on any atom is 0.147 e. The lowest BCUT2D eigenvalue weighted by Crippen LogP contribution is -2.10. The van der Waals surface area contributed by atoms with Gasteiger partial charge in [0.25, 0.3) is 0 Å². The second-order valence-electron chi connectivity index (χ2n) is 4.58. The number of aromatic nitrogens is 4. The molecule has 0 radical (unpaired) electrons. The average molecular weight is 262 g/mol. The second kappa shape index (κ2) is 5.52. The molecule has 0 amide bonds. The fourth-order valence-corrected chi connectivity index (χ4v) is 1.93. The largest absolute Gasteiger partial charge is 0.261 e. The molecule has 2 atom stereocenters. The highest BCUT2D eigenvalue weighted by atomic mass is 32.1. The summed E-state index contributed by atoms with van der Waals surface area (Å²) in [6, 6.07) is 4.40. The van der Waals surface area contributed by atoms with Crippen molar-refractivity contribution in [2.24, 2.45) is 0 Å². The highest BCUT2D eigenvalue weighted by Crippen LogP contribution is 2.18. The summed E-state index contributed by atoms with van der Waals surface area (Å²) in [4.78, 5) is 8.60. The molecule has 0 aliphatic carbocycles. The maximum absolute atomic E-state index is 4.46. The van der Waals surface area contributed by atoms with E-state index in [0.717, 1.165) is 23.5 Å². The number of thiol groups is 1. The molecule has 0 spiro atoms. The van der Waals surface area contributed by atoms with Gasteiger partial charge in [-0.1, -0.05) is 6.07 Å². The van der Waals surface area contributed by atoms with Crippen LogP contribution >= 0.6 is 12.6 Å². The molecule has 0 aliphatic rings. The van der Waals surface area contributed by atoms with Gasteiger partial charge in [-0.25, -0.2) is 9.67 Å². The number of nitrogens with zero attached hydrogens (tertiary/aromatic N) is 4. The molecule has 18 heavy (non-hydrogen) atoms. The van der Waals surface area contributed by atoms with Crippen LogP contribution in [0, 0.1) is 6.92 Å².